The first kappa shape index (κ1) is 23.2. The van der Waals surface area contributed by atoms with Gasteiger partial charge in [-0.15, -0.1) is 11.3 Å². The molecule has 174 valence electrons. The summed E-state index contributed by atoms with van der Waals surface area (Å²) in [6.07, 6.45) is 6.14. The molecule has 3 aliphatic heterocycles. The lowest BCUT2D eigenvalue weighted by atomic mass is 10.0. The molecule has 1 N–H and O–H groups in total. The van der Waals surface area contributed by atoms with E-state index < -0.39 is 25.9 Å². The summed E-state index contributed by atoms with van der Waals surface area (Å²) < 4.78 is 51.9. The summed E-state index contributed by atoms with van der Waals surface area (Å²) in [7, 11) is -6.68. The van der Waals surface area contributed by atoms with Crippen LogP contribution in [0, 0.1) is 0 Å². The number of sulfone groups is 1. The van der Waals surface area contributed by atoms with Gasteiger partial charge in [0.25, 0.3) is 10.0 Å². The third-order valence-electron chi connectivity index (χ3n) is 6.41. The second-order valence-electron chi connectivity index (χ2n) is 8.78. The normalized spacial score (nSPS) is 27.9. The fraction of sp³-hybridized carbons (Fsp3) is 0.750. The molecule has 0 bridgehead atoms. The maximum Gasteiger partial charge on any atom is 0.252 e. The molecule has 0 spiro atoms. The minimum atomic E-state index is -3.50. The highest BCUT2D eigenvalue weighted by atomic mass is 32.2. The number of hydrogen-bond donors (Lipinski definition) is 1. The Hall–Kier alpha value is -1.01. The van der Waals surface area contributed by atoms with Crippen LogP contribution in [0.5, 0.6) is 0 Å². The number of nitrogens with one attached hydrogen (secondary N) is 1. The van der Waals surface area contributed by atoms with Crippen LogP contribution in [0.2, 0.25) is 0 Å². The van der Waals surface area contributed by atoms with E-state index in [2.05, 4.69) is 10.2 Å². The van der Waals surface area contributed by atoms with Gasteiger partial charge in [-0.2, -0.15) is 4.31 Å². The number of likely N-dealkylation sites (tertiary alicyclic amines) is 1. The predicted octanol–water partition coefficient (Wildman–Crippen LogP) is 1.23. The first-order valence-electron chi connectivity index (χ1n) is 11.1. The molecular weight excluding hydrogens is 458 g/mol. The average Bonchev–Trinajstić information content (AvgIpc) is 3.33. The van der Waals surface area contributed by atoms with E-state index in [0.717, 1.165) is 63.0 Å². The number of hydrogen-bond acceptors (Lipinski definition) is 7. The number of thiophene rings is 1. The fourth-order valence-corrected chi connectivity index (χ4v) is 9.80. The summed E-state index contributed by atoms with van der Waals surface area (Å²) in [6, 6.07) is 2.68. The standard InChI is InChI=1S/C20H31N3O5S3/c24-19(21-17-14-30(25,26)15-18(17)22-9-3-1-4-10-22)13-16-7-8-20(29-16)31(27,28)23-11-5-2-6-12-23/h7-8,17-18H,1-6,9-15H2,(H,21,24)/t17-,18+/m1/s1. The molecule has 0 unspecified atom stereocenters. The zero-order valence-corrected chi connectivity index (χ0v) is 20.1. The Bertz CT molecular complexity index is 993. The van der Waals surface area contributed by atoms with Gasteiger partial charge in [-0.1, -0.05) is 12.8 Å². The van der Waals surface area contributed by atoms with E-state index in [1.807, 2.05) is 0 Å². The Morgan fingerprint density at radius 1 is 1.00 bits per heavy atom. The number of carbonyl (C=O) groups excluding carboxylic acids is 1. The largest absolute Gasteiger partial charge is 0.350 e. The smallest absolute Gasteiger partial charge is 0.252 e. The van der Waals surface area contributed by atoms with Gasteiger partial charge >= 0.3 is 0 Å². The summed E-state index contributed by atoms with van der Waals surface area (Å²) in [6.45, 7) is 2.83. The van der Waals surface area contributed by atoms with E-state index in [-0.39, 0.29) is 34.1 Å². The highest BCUT2D eigenvalue weighted by Gasteiger charge is 2.42. The summed E-state index contributed by atoms with van der Waals surface area (Å²) in [5.41, 5.74) is 0. The lowest BCUT2D eigenvalue weighted by molar-refractivity contribution is -0.121. The molecule has 3 aliphatic rings. The molecule has 1 aromatic rings. The third kappa shape index (κ3) is 5.50. The third-order valence-corrected chi connectivity index (χ3v) is 11.6. The quantitative estimate of drug-likeness (QED) is 0.645. The number of carbonyl (C=O) groups is 1. The summed E-state index contributed by atoms with van der Waals surface area (Å²) in [4.78, 5) is 15.6. The molecule has 4 heterocycles. The van der Waals surface area contributed by atoms with E-state index in [1.54, 1.807) is 12.1 Å². The van der Waals surface area contributed by atoms with Crippen molar-refractivity contribution in [2.24, 2.45) is 0 Å². The molecule has 4 rings (SSSR count). The topological polar surface area (TPSA) is 104 Å². The first-order valence-corrected chi connectivity index (χ1v) is 15.2. The van der Waals surface area contributed by atoms with Crippen LogP contribution < -0.4 is 5.32 Å². The highest BCUT2D eigenvalue weighted by molar-refractivity contribution is 7.91. The van der Waals surface area contributed by atoms with Gasteiger partial charge in [-0.3, -0.25) is 9.69 Å². The van der Waals surface area contributed by atoms with E-state index in [4.69, 9.17) is 0 Å². The van der Waals surface area contributed by atoms with E-state index in [9.17, 15) is 21.6 Å². The fourth-order valence-electron chi connectivity index (χ4n) is 4.82. The Labute approximate surface area is 189 Å². The van der Waals surface area contributed by atoms with Crippen molar-refractivity contribution in [2.45, 2.75) is 61.2 Å². The van der Waals surface area contributed by atoms with Crippen molar-refractivity contribution >= 4 is 37.1 Å². The monoisotopic (exact) mass is 489 g/mol. The minimum Gasteiger partial charge on any atom is -0.350 e. The molecule has 3 fully saturated rings. The average molecular weight is 490 g/mol. The molecule has 31 heavy (non-hydrogen) atoms. The minimum absolute atomic E-state index is 0.0288. The first-order chi connectivity index (χ1) is 14.7. The molecule has 0 aromatic carbocycles. The lowest BCUT2D eigenvalue weighted by Gasteiger charge is -2.35. The number of nitrogens with zero attached hydrogens (tertiary/aromatic N) is 2. The zero-order chi connectivity index (χ0) is 22.1. The summed E-state index contributed by atoms with van der Waals surface area (Å²) >= 11 is 1.13. The Morgan fingerprint density at radius 3 is 2.32 bits per heavy atom. The van der Waals surface area contributed by atoms with Crippen molar-refractivity contribution in [1.29, 1.82) is 0 Å². The molecular formula is C20H31N3O5S3. The maximum absolute atomic E-state index is 12.8. The van der Waals surface area contributed by atoms with Gasteiger partial charge in [0, 0.05) is 24.0 Å². The Morgan fingerprint density at radius 2 is 1.65 bits per heavy atom. The van der Waals surface area contributed by atoms with E-state index in [0.29, 0.717) is 18.0 Å². The van der Waals surface area contributed by atoms with Gasteiger partial charge in [0.15, 0.2) is 9.84 Å². The molecule has 8 nitrogen and oxygen atoms in total. The van der Waals surface area contributed by atoms with Gasteiger partial charge in [0.2, 0.25) is 5.91 Å². The van der Waals surface area contributed by atoms with Gasteiger partial charge in [0.1, 0.15) is 4.21 Å². The SMILES string of the molecule is O=C(Cc1ccc(S(=O)(=O)N2CCCCC2)s1)N[C@@H]1CS(=O)(=O)C[C@@H]1N1CCCCC1. The second kappa shape index (κ2) is 9.46. The maximum atomic E-state index is 12.8. The van der Waals surface area contributed by atoms with Crippen LogP contribution in [0.3, 0.4) is 0 Å². The van der Waals surface area contributed by atoms with Gasteiger partial charge in [-0.25, -0.2) is 16.8 Å². The predicted molar refractivity (Wildman–Crippen MR) is 120 cm³/mol. The van der Waals surface area contributed by atoms with Crippen molar-refractivity contribution < 1.29 is 21.6 Å². The summed E-state index contributed by atoms with van der Waals surface area (Å²) in [5, 5.41) is 2.93. The number of piperidine rings is 2. The van der Waals surface area contributed by atoms with Crippen LogP contribution in [0.4, 0.5) is 0 Å². The van der Waals surface area contributed by atoms with E-state index >= 15 is 0 Å². The number of amides is 1. The molecule has 1 aromatic heterocycles. The molecule has 0 radical (unpaired) electrons. The highest BCUT2D eigenvalue weighted by Crippen LogP contribution is 2.28. The van der Waals surface area contributed by atoms with Gasteiger partial charge in [0.05, 0.1) is 24.0 Å². The van der Waals surface area contributed by atoms with Crippen molar-refractivity contribution in [2.75, 3.05) is 37.7 Å². The molecule has 0 aliphatic carbocycles. The van der Waals surface area contributed by atoms with Crippen LogP contribution in [0.25, 0.3) is 0 Å². The number of sulfonamides is 1. The molecule has 3 saturated heterocycles. The lowest BCUT2D eigenvalue weighted by Crippen LogP contribution is -2.52. The van der Waals surface area contributed by atoms with Crippen LogP contribution >= 0.6 is 11.3 Å². The Balaban J connectivity index is 1.39. The second-order valence-corrected chi connectivity index (χ2v) is 14.3. The van der Waals surface area contributed by atoms with Gasteiger partial charge < -0.3 is 5.32 Å². The van der Waals surface area contributed by atoms with Crippen LogP contribution in [0.15, 0.2) is 16.3 Å². The van der Waals surface area contributed by atoms with Crippen LogP contribution in [0.1, 0.15) is 43.4 Å². The van der Waals surface area contributed by atoms with E-state index in [1.165, 1.54) is 4.31 Å². The molecule has 11 heteroatoms. The molecule has 0 saturated carbocycles. The van der Waals surface area contributed by atoms with Crippen molar-refractivity contribution in [3.63, 3.8) is 0 Å². The van der Waals surface area contributed by atoms with Crippen LogP contribution in [-0.4, -0.2) is 81.7 Å². The van der Waals surface area contributed by atoms with Gasteiger partial charge in [-0.05, 0) is 50.9 Å². The van der Waals surface area contributed by atoms with Crippen molar-refractivity contribution in [3.05, 3.63) is 17.0 Å². The van der Waals surface area contributed by atoms with Crippen LogP contribution in [-0.2, 0) is 31.1 Å². The summed E-state index contributed by atoms with van der Waals surface area (Å²) in [5.74, 6) is -0.193. The van der Waals surface area contributed by atoms with Crippen molar-refractivity contribution in [3.8, 4) is 0 Å². The van der Waals surface area contributed by atoms with Crippen molar-refractivity contribution in [1.82, 2.24) is 14.5 Å². The Kier molecular flexibility index (Phi) is 7.07. The molecule has 1 amide bonds. The zero-order valence-electron chi connectivity index (χ0n) is 17.7. The molecule has 2 atom stereocenters. The number of rotatable bonds is 6.